The Balaban J connectivity index is 1.61. The first-order valence-electron chi connectivity index (χ1n) is 12.9. The highest BCUT2D eigenvalue weighted by Gasteiger charge is 2.46. The van der Waals surface area contributed by atoms with Crippen LogP contribution in [0.1, 0.15) is 42.6 Å². The normalized spacial score (nSPS) is 25.8. The van der Waals surface area contributed by atoms with E-state index < -0.39 is 49.3 Å². The first kappa shape index (κ1) is 29.0. The Morgan fingerprint density at radius 2 is 1.90 bits per heavy atom. The highest BCUT2D eigenvalue weighted by atomic mass is 19.1. The van der Waals surface area contributed by atoms with Crippen molar-refractivity contribution in [3.63, 3.8) is 0 Å². The third-order valence-electron chi connectivity index (χ3n) is 6.93. The zero-order valence-electron chi connectivity index (χ0n) is 22.1. The summed E-state index contributed by atoms with van der Waals surface area (Å²) in [5.41, 5.74) is 1.66. The number of aliphatic hydroxyl groups is 3. The molecule has 0 radical (unpaired) electrons. The average molecular weight is 555 g/mol. The maximum absolute atomic E-state index is 14.9. The molecular formula is C26H35FN2O10. The second kappa shape index (κ2) is 12.9. The van der Waals surface area contributed by atoms with Crippen LogP contribution in [0.2, 0.25) is 0 Å². The van der Waals surface area contributed by atoms with Crippen LogP contribution in [-0.2, 0) is 25.4 Å². The molecule has 2 fully saturated rings. The van der Waals surface area contributed by atoms with Crippen molar-refractivity contribution < 1.29 is 52.9 Å². The summed E-state index contributed by atoms with van der Waals surface area (Å²) < 4.78 is 48.6. The van der Waals surface area contributed by atoms with Gasteiger partial charge in [0.15, 0.2) is 0 Å². The lowest BCUT2D eigenvalue weighted by Crippen LogP contribution is -2.60. The van der Waals surface area contributed by atoms with Gasteiger partial charge >= 0.3 is 6.16 Å². The van der Waals surface area contributed by atoms with Gasteiger partial charge in [-0.25, -0.2) is 9.18 Å². The maximum Gasteiger partial charge on any atom is 0.508 e. The second-order valence-electron chi connectivity index (χ2n) is 9.42. The Morgan fingerprint density at radius 1 is 1.15 bits per heavy atom. The molecule has 39 heavy (non-hydrogen) atoms. The molecule has 216 valence electrons. The number of carbonyl (C=O) groups excluding carboxylic acids is 1. The van der Waals surface area contributed by atoms with Crippen LogP contribution in [0.15, 0.2) is 18.2 Å². The molecule has 0 spiro atoms. The van der Waals surface area contributed by atoms with Crippen molar-refractivity contribution in [3.8, 4) is 11.6 Å². The minimum absolute atomic E-state index is 0.0194. The van der Waals surface area contributed by atoms with E-state index in [0.717, 1.165) is 18.5 Å². The number of rotatable bonds is 9. The summed E-state index contributed by atoms with van der Waals surface area (Å²) >= 11 is 0. The molecule has 2 aliphatic rings. The Morgan fingerprint density at radius 3 is 2.56 bits per heavy atom. The molecule has 13 heteroatoms. The number of carbonyl (C=O) groups is 1. The number of halogens is 1. The smallest absolute Gasteiger partial charge is 0.497 e. The molecule has 0 aliphatic carbocycles. The van der Waals surface area contributed by atoms with Crippen molar-refractivity contribution >= 4 is 6.16 Å². The minimum Gasteiger partial charge on any atom is -0.497 e. The fraction of sp³-hybridized carbons (Fsp3) is 0.615. The van der Waals surface area contributed by atoms with E-state index in [1.54, 1.807) is 23.7 Å². The molecule has 1 aromatic carbocycles. The van der Waals surface area contributed by atoms with Crippen molar-refractivity contribution in [2.75, 3.05) is 33.5 Å². The van der Waals surface area contributed by atoms with Crippen LogP contribution in [0, 0.1) is 12.7 Å². The van der Waals surface area contributed by atoms with Crippen LogP contribution in [0.25, 0.3) is 0 Å². The molecule has 2 aliphatic heterocycles. The molecule has 12 nitrogen and oxygen atoms in total. The Labute approximate surface area is 225 Å². The monoisotopic (exact) mass is 554 g/mol. The van der Waals surface area contributed by atoms with E-state index in [0.29, 0.717) is 30.1 Å². The fourth-order valence-corrected chi connectivity index (χ4v) is 4.67. The topological polar surface area (TPSA) is 151 Å². The van der Waals surface area contributed by atoms with E-state index in [-0.39, 0.29) is 24.9 Å². The highest BCUT2D eigenvalue weighted by molar-refractivity contribution is 5.59. The van der Waals surface area contributed by atoms with Crippen LogP contribution in [0.4, 0.5) is 9.18 Å². The third-order valence-corrected chi connectivity index (χ3v) is 6.93. The predicted octanol–water partition coefficient (Wildman–Crippen LogP) is 1.64. The van der Waals surface area contributed by atoms with Gasteiger partial charge in [0.25, 0.3) is 0 Å². The number of methoxy groups -OCH3 is 1. The molecule has 0 amide bonds. The minimum atomic E-state index is -1.67. The molecule has 2 aromatic rings. The Kier molecular flexibility index (Phi) is 9.62. The molecule has 3 heterocycles. The maximum atomic E-state index is 14.9. The van der Waals surface area contributed by atoms with Crippen LogP contribution >= 0.6 is 0 Å². The molecule has 0 unspecified atom stereocenters. The lowest BCUT2D eigenvalue weighted by Gasteiger charge is -2.39. The predicted molar refractivity (Wildman–Crippen MR) is 132 cm³/mol. The van der Waals surface area contributed by atoms with E-state index in [9.17, 15) is 24.5 Å². The van der Waals surface area contributed by atoms with Crippen LogP contribution < -0.4 is 9.47 Å². The third kappa shape index (κ3) is 6.61. The van der Waals surface area contributed by atoms with Crippen molar-refractivity contribution in [2.24, 2.45) is 0 Å². The van der Waals surface area contributed by atoms with Gasteiger partial charge in [-0.3, -0.25) is 4.68 Å². The average Bonchev–Trinajstić information content (AvgIpc) is 3.24. The van der Waals surface area contributed by atoms with E-state index in [1.165, 1.54) is 13.2 Å². The van der Waals surface area contributed by atoms with Crippen molar-refractivity contribution in [1.29, 1.82) is 0 Å². The summed E-state index contributed by atoms with van der Waals surface area (Å²) in [4.78, 5) is 11.6. The van der Waals surface area contributed by atoms with Gasteiger partial charge in [-0.1, -0.05) is 6.07 Å². The largest absolute Gasteiger partial charge is 0.508 e. The number of aliphatic hydroxyl groups excluding tert-OH is 3. The second-order valence-corrected chi connectivity index (χ2v) is 9.42. The molecule has 2 saturated heterocycles. The summed E-state index contributed by atoms with van der Waals surface area (Å²) in [5, 5.41) is 36.1. The van der Waals surface area contributed by atoms with Gasteiger partial charge in [0.2, 0.25) is 12.2 Å². The zero-order valence-corrected chi connectivity index (χ0v) is 22.1. The van der Waals surface area contributed by atoms with Gasteiger partial charge in [0, 0.05) is 37.0 Å². The van der Waals surface area contributed by atoms with Gasteiger partial charge in [0.05, 0.1) is 19.8 Å². The molecule has 5 atom stereocenters. The van der Waals surface area contributed by atoms with Crippen molar-refractivity contribution in [3.05, 3.63) is 40.8 Å². The lowest BCUT2D eigenvalue weighted by atomic mass is 9.99. The first-order chi connectivity index (χ1) is 18.7. The number of ether oxygens (including phenoxy) is 6. The summed E-state index contributed by atoms with van der Waals surface area (Å²) in [7, 11) is 1.45. The number of aromatic nitrogens is 2. The van der Waals surface area contributed by atoms with E-state index in [1.807, 2.05) is 6.92 Å². The fourth-order valence-electron chi connectivity index (χ4n) is 4.67. The Hall–Kier alpha value is -2.97. The van der Waals surface area contributed by atoms with E-state index in [2.05, 4.69) is 5.10 Å². The SMILES string of the molecule is CCOC(=O)OC[C@H]1O[C@@H](Oc2nn(C3CCOCC3)c(C)c2Cc2ccc(OC)cc2F)[C@H](O)[C@@H](O)[C@@H]1O. The summed E-state index contributed by atoms with van der Waals surface area (Å²) in [6, 6.07) is 4.56. The number of hydrogen-bond acceptors (Lipinski definition) is 11. The lowest BCUT2D eigenvalue weighted by molar-refractivity contribution is -0.278. The molecule has 0 bridgehead atoms. The van der Waals surface area contributed by atoms with Gasteiger partial charge in [-0.2, -0.15) is 0 Å². The van der Waals surface area contributed by atoms with Gasteiger partial charge < -0.3 is 43.7 Å². The molecule has 4 rings (SSSR count). The van der Waals surface area contributed by atoms with Crippen LogP contribution in [0.5, 0.6) is 11.6 Å². The van der Waals surface area contributed by atoms with Crippen molar-refractivity contribution in [1.82, 2.24) is 9.78 Å². The summed E-state index contributed by atoms with van der Waals surface area (Å²) in [6.45, 7) is 4.22. The zero-order chi connectivity index (χ0) is 28.1. The molecular weight excluding hydrogens is 519 g/mol. The van der Waals surface area contributed by atoms with Crippen LogP contribution in [-0.4, -0.2) is 95.5 Å². The van der Waals surface area contributed by atoms with Gasteiger partial charge in [-0.05, 0) is 38.3 Å². The van der Waals surface area contributed by atoms with Crippen molar-refractivity contribution in [2.45, 2.75) is 69.9 Å². The molecule has 1 aromatic heterocycles. The number of hydrogen-bond donors (Lipinski definition) is 3. The first-order valence-corrected chi connectivity index (χ1v) is 12.9. The highest BCUT2D eigenvalue weighted by Crippen LogP contribution is 2.33. The number of benzene rings is 1. The Bertz CT molecular complexity index is 1120. The number of nitrogens with zero attached hydrogens (tertiary/aromatic N) is 2. The summed E-state index contributed by atoms with van der Waals surface area (Å²) in [5.74, 6) is -0.0150. The van der Waals surface area contributed by atoms with E-state index >= 15 is 0 Å². The van der Waals surface area contributed by atoms with Gasteiger partial charge in [-0.15, -0.1) is 5.10 Å². The van der Waals surface area contributed by atoms with Crippen LogP contribution in [0.3, 0.4) is 0 Å². The van der Waals surface area contributed by atoms with Gasteiger partial charge in [0.1, 0.15) is 42.6 Å². The quantitative estimate of drug-likeness (QED) is 0.388. The summed E-state index contributed by atoms with van der Waals surface area (Å²) in [6.07, 6.45) is -7.00. The van der Waals surface area contributed by atoms with E-state index in [4.69, 9.17) is 28.4 Å². The molecule has 3 N–H and O–H groups in total. The molecule has 0 saturated carbocycles. The standard InChI is InChI=1S/C26H35FN2O10/c1-4-36-26(33)37-13-20-21(30)22(31)23(32)25(38-20)39-24-18(11-15-5-6-17(34-3)12-19(15)27)14(2)29(28-24)16-7-9-35-10-8-16/h5-6,12,16,20-23,25,30-32H,4,7-11,13H2,1-3H3/t20-,21-,22+,23-,25+/m1/s1.